The van der Waals surface area contributed by atoms with Crippen molar-refractivity contribution in [3.8, 4) is 0 Å². The molecule has 188 valence electrons. The molecule has 4 aliphatic rings. The molecule has 35 heavy (non-hydrogen) atoms. The number of carbonyl (C=O) groups excluding carboxylic acids is 3. The van der Waals surface area contributed by atoms with Crippen molar-refractivity contribution in [2.75, 3.05) is 11.9 Å². The molecule has 7 nitrogen and oxygen atoms in total. The Labute approximate surface area is 211 Å². The maximum atomic E-state index is 13.8. The highest BCUT2D eigenvalue weighted by molar-refractivity contribution is 6.31. The fraction of sp³-hybridized carbons (Fsp3) is 0.593. The fourth-order valence-electron chi connectivity index (χ4n) is 6.26. The Morgan fingerprint density at radius 2 is 1.97 bits per heavy atom. The Hall–Kier alpha value is -2.38. The normalized spacial score (nSPS) is 31.6. The summed E-state index contributed by atoms with van der Waals surface area (Å²) in [5.74, 6) is -2.05. The van der Waals surface area contributed by atoms with Crippen molar-refractivity contribution >= 4 is 35.0 Å². The number of hydrogen-bond acceptors (Lipinski definition) is 4. The first-order valence-corrected chi connectivity index (χ1v) is 13.3. The molecule has 1 saturated carbocycles. The van der Waals surface area contributed by atoms with E-state index in [1.807, 2.05) is 25.1 Å². The molecular formula is C27H34ClN3O4. The smallest absolute Gasteiger partial charge is 0.246 e. The second kappa shape index (κ2) is 9.58. The molecule has 1 aromatic carbocycles. The highest BCUT2D eigenvalue weighted by atomic mass is 35.5. The summed E-state index contributed by atoms with van der Waals surface area (Å²) in [6, 6.07) is 4.71. The van der Waals surface area contributed by atoms with Crippen molar-refractivity contribution in [1.29, 1.82) is 0 Å². The number of halogens is 1. The molecule has 5 rings (SSSR count). The van der Waals surface area contributed by atoms with Crippen molar-refractivity contribution in [3.63, 3.8) is 0 Å². The van der Waals surface area contributed by atoms with Gasteiger partial charge in [0.25, 0.3) is 0 Å². The molecule has 3 amide bonds. The van der Waals surface area contributed by atoms with E-state index in [-0.39, 0.29) is 23.8 Å². The number of nitrogens with one attached hydrogen (secondary N) is 2. The van der Waals surface area contributed by atoms with Crippen molar-refractivity contribution in [1.82, 2.24) is 10.2 Å². The van der Waals surface area contributed by atoms with Gasteiger partial charge in [-0.05, 0) is 43.9 Å². The lowest BCUT2D eigenvalue weighted by molar-refractivity contribution is -0.141. The van der Waals surface area contributed by atoms with Crippen LogP contribution in [0, 0.1) is 18.8 Å². The second-order valence-corrected chi connectivity index (χ2v) is 10.8. The number of unbranched alkanes of at least 4 members (excludes halogenated alkanes) is 1. The first-order chi connectivity index (χ1) is 16.9. The number of nitrogens with zero attached hydrogens (tertiary/aromatic N) is 1. The molecular weight excluding hydrogens is 466 g/mol. The molecule has 3 fully saturated rings. The molecule has 5 unspecified atom stereocenters. The Bertz CT molecular complexity index is 1050. The number of hydrogen-bond donors (Lipinski definition) is 2. The lowest BCUT2D eigenvalue weighted by Gasteiger charge is -2.34. The van der Waals surface area contributed by atoms with Crippen molar-refractivity contribution in [3.05, 3.63) is 40.9 Å². The zero-order valence-electron chi connectivity index (χ0n) is 20.4. The van der Waals surface area contributed by atoms with Gasteiger partial charge in [-0.3, -0.25) is 14.4 Å². The Kier molecular flexibility index (Phi) is 6.66. The van der Waals surface area contributed by atoms with Crippen LogP contribution in [0.4, 0.5) is 5.69 Å². The van der Waals surface area contributed by atoms with Crippen LogP contribution in [0.3, 0.4) is 0 Å². The van der Waals surface area contributed by atoms with Crippen LogP contribution in [0.15, 0.2) is 30.4 Å². The van der Waals surface area contributed by atoms with E-state index in [0.29, 0.717) is 17.3 Å². The summed E-state index contributed by atoms with van der Waals surface area (Å²) in [6.45, 7) is 4.43. The lowest BCUT2D eigenvalue weighted by Crippen LogP contribution is -2.56. The highest BCUT2D eigenvalue weighted by Gasteiger charge is 2.72. The van der Waals surface area contributed by atoms with E-state index in [0.717, 1.165) is 44.1 Å². The molecule has 5 atom stereocenters. The van der Waals surface area contributed by atoms with Crippen LogP contribution in [0.2, 0.25) is 5.02 Å². The quantitative estimate of drug-likeness (QED) is 0.555. The number of ether oxygens (including phenoxy) is 1. The maximum Gasteiger partial charge on any atom is 0.246 e. The van der Waals surface area contributed by atoms with Crippen molar-refractivity contribution < 1.29 is 19.1 Å². The van der Waals surface area contributed by atoms with E-state index in [9.17, 15) is 14.4 Å². The molecule has 2 saturated heterocycles. The minimum Gasteiger partial charge on any atom is -0.359 e. The number of fused-ring (bicyclic) bond motifs is 1. The number of rotatable bonds is 7. The molecule has 3 aliphatic heterocycles. The Balaban J connectivity index is 1.42. The van der Waals surface area contributed by atoms with Gasteiger partial charge in [0.15, 0.2) is 0 Å². The standard InChI is InChI=1S/C27H34ClN3O4/c1-3-4-14-31-23(25(33)29-17-8-6-5-7-9-17)27-13-12-20(35-27)21(22(27)26(31)34)24(32)30-18-11-10-16(2)19(28)15-18/h10-13,15,17,20-23H,3-9,14H2,1-2H3,(H,29,33)(H,30,32). The third-order valence-corrected chi connectivity index (χ3v) is 8.48. The predicted octanol–water partition coefficient (Wildman–Crippen LogP) is 3.99. The van der Waals surface area contributed by atoms with Gasteiger partial charge in [-0.2, -0.15) is 0 Å². The first kappa shape index (κ1) is 24.3. The molecule has 1 aliphatic carbocycles. The first-order valence-electron chi connectivity index (χ1n) is 12.9. The minimum absolute atomic E-state index is 0.128. The van der Waals surface area contributed by atoms with E-state index in [1.165, 1.54) is 6.42 Å². The number of carbonyl (C=O) groups is 3. The van der Waals surface area contributed by atoms with Gasteiger partial charge in [0.2, 0.25) is 17.7 Å². The van der Waals surface area contributed by atoms with Gasteiger partial charge in [0.05, 0.1) is 17.9 Å². The number of likely N-dealkylation sites (tertiary alicyclic amines) is 1. The average Bonchev–Trinajstić information content (AvgIpc) is 3.48. The van der Waals surface area contributed by atoms with Gasteiger partial charge in [-0.25, -0.2) is 0 Å². The Morgan fingerprint density at radius 1 is 1.20 bits per heavy atom. The highest BCUT2D eigenvalue weighted by Crippen LogP contribution is 2.55. The number of benzene rings is 1. The van der Waals surface area contributed by atoms with E-state index >= 15 is 0 Å². The summed E-state index contributed by atoms with van der Waals surface area (Å²) < 4.78 is 6.38. The second-order valence-electron chi connectivity index (χ2n) is 10.4. The van der Waals surface area contributed by atoms with Gasteiger partial charge in [0, 0.05) is 23.3 Å². The summed E-state index contributed by atoms with van der Waals surface area (Å²) in [4.78, 5) is 42.6. The summed E-state index contributed by atoms with van der Waals surface area (Å²) in [5, 5.41) is 6.70. The van der Waals surface area contributed by atoms with E-state index < -0.39 is 29.6 Å². The van der Waals surface area contributed by atoms with E-state index in [4.69, 9.17) is 16.3 Å². The van der Waals surface area contributed by atoms with Crippen LogP contribution in [0.25, 0.3) is 0 Å². The molecule has 3 heterocycles. The monoisotopic (exact) mass is 499 g/mol. The molecule has 8 heteroatoms. The maximum absolute atomic E-state index is 13.8. The number of amides is 3. The zero-order chi connectivity index (χ0) is 24.7. The van der Waals surface area contributed by atoms with Gasteiger partial charge >= 0.3 is 0 Å². The third-order valence-electron chi connectivity index (χ3n) is 8.07. The van der Waals surface area contributed by atoms with Crippen LogP contribution in [0.1, 0.15) is 57.4 Å². The van der Waals surface area contributed by atoms with Crippen LogP contribution < -0.4 is 10.6 Å². The fourth-order valence-corrected chi connectivity index (χ4v) is 6.44. The average molecular weight is 500 g/mol. The minimum atomic E-state index is -1.11. The van der Waals surface area contributed by atoms with Gasteiger partial charge in [-0.1, -0.05) is 62.4 Å². The summed E-state index contributed by atoms with van der Waals surface area (Å²) in [7, 11) is 0. The largest absolute Gasteiger partial charge is 0.359 e. The van der Waals surface area contributed by atoms with Crippen LogP contribution in [0.5, 0.6) is 0 Å². The van der Waals surface area contributed by atoms with Crippen LogP contribution in [-0.2, 0) is 19.1 Å². The van der Waals surface area contributed by atoms with Crippen LogP contribution in [-0.4, -0.2) is 53.0 Å². The SMILES string of the molecule is CCCCN1C(=O)C2C(C(=O)Nc3ccc(C)c(Cl)c3)C3C=CC2(O3)C1C(=O)NC1CCCCC1. The van der Waals surface area contributed by atoms with Gasteiger partial charge in [0.1, 0.15) is 11.6 Å². The van der Waals surface area contributed by atoms with Gasteiger partial charge < -0.3 is 20.3 Å². The van der Waals surface area contributed by atoms with Gasteiger partial charge in [-0.15, -0.1) is 0 Å². The Morgan fingerprint density at radius 3 is 2.69 bits per heavy atom. The molecule has 1 aromatic rings. The van der Waals surface area contributed by atoms with E-state index in [2.05, 4.69) is 17.6 Å². The molecule has 2 bridgehead atoms. The summed E-state index contributed by atoms with van der Waals surface area (Å²) in [5.41, 5.74) is 0.381. The van der Waals surface area contributed by atoms with Crippen LogP contribution >= 0.6 is 11.6 Å². The zero-order valence-corrected chi connectivity index (χ0v) is 21.1. The van der Waals surface area contributed by atoms with E-state index in [1.54, 1.807) is 17.0 Å². The molecule has 2 N–H and O–H groups in total. The third kappa shape index (κ3) is 4.16. The van der Waals surface area contributed by atoms with Crippen molar-refractivity contribution in [2.24, 2.45) is 11.8 Å². The summed E-state index contributed by atoms with van der Waals surface area (Å²) >= 11 is 6.24. The number of anilines is 1. The number of aryl methyl sites for hydroxylation is 1. The molecule has 0 aromatic heterocycles. The molecule has 1 spiro atoms. The topological polar surface area (TPSA) is 87.7 Å². The molecule has 0 radical (unpaired) electrons. The lowest BCUT2D eigenvalue weighted by atomic mass is 9.74. The predicted molar refractivity (Wildman–Crippen MR) is 134 cm³/mol. The summed E-state index contributed by atoms with van der Waals surface area (Å²) in [6.07, 6.45) is 10.2. The van der Waals surface area contributed by atoms with Crippen molar-refractivity contribution in [2.45, 2.75) is 82.6 Å².